The van der Waals surface area contributed by atoms with E-state index in [1.807, 2.05) is 0 Å². The lowest BCUT2D eigenvalue weighted by atomic mass is 9.80. The number of nitrogens with one attached hydrogen (secondary N) is 2. The molecule has 164 valence electrons. The number of fused-ring (bicyclic) bond motifs is 2. The summed E-state index contributed by atoms with van der Waals surface area (Å²) in [6, 6.07) is 5.04. The van der Waals surface area contributed by atoms with Crippen molar-refractivity contribution < 1.29 is 22.8 Å². The summed E-state index contributed by atoms with van der Waals surface area (Å²) in [5.41, 5.74) is -1.02. The summed E-state index contributed by atoms with van der Waals surface area (Å²) in [6.07, 6.45) is -0.443. The Morgan fingerprint density at radius 1 is 1.26 bits per heavy atom. The molecule has 31 heavy (non-hydrogen) atoms. The molecule has 3 N–H and O–H groups in total. The maximum Gasteiger partial charge on any atom is 0.419 e. The van der Waals surface area contributed by atoms with Gasteiger partial charge in [0.1, 0.15) is 12.7 Å². The second-order valence-electron chi connectivity index (χ2n) is 9.05. The molecule has 0 spiro atoms. The first-order valence-electron chi connectivity index (χ1n) is 10.0. The van der Waals surface area contributed by atoms with Crippen molar-refractivity contribution in [3.05, 3.63) is 36.2 Å². The normalized spacial score (nSPS) is 25.6. The average molecular weight is 450 g/mol. The number of aromatic nitrogens is 3. The SMILES string of the molecule is CP(C)(=O)c1cccc2c(-c3nc(N[C@@H]4CC5(O)CC4C5)ncc3C(F)(F)F)c[nH]c12. The van der Waals surface area contributed by atoms with Crippen molar-refractivity contribution in [3.63, 3.8) is 0 Å². The Labute approximate surface area is 176 Å². The number of aromatic amines is 1. The first-order chi connectivity index (χ1) is 14.4. The molecule has 3 aliphatic rings. The lowest BCUT2D eigenvalue weighted by molar-refractivity contribution is -0.137. The minimum absolute atomic E-state index is 0.0600. The third-order valence-corrected chi connectivity index (χ3v) is 7.92. The van der Waals surface area contributed by atoms with Gasteiger partial charge in [-0.05, 0) is 44.6 Å². The fourth-order valence-electron chi connectivity index (χ4n) is 4.93. The minimum Gasteiger partial charge on any atom is -0.390 e. The highest BCUT2D eigenvalue weighted by Gasteiger charge is 2.55. The van der Waals surface area contributed by atoms with Crippen LogP contribution >= 0.6 is 7.14 Å². The zero-order valence-corrected chi connectivity index (χ0v) is 17.9. The highest BCUT2D eigenvalue weighted by Crippen LogP contribution is 2.52. The largest absolute Gasteiger partial charge is 0.419 e. The van der Waals surface area contributed by atoms with Crippen LogP contribution in [0.4, 0.5) is 19.1 Å². The molecule has 6 nitrogen and oxygen atoms in total. The maximum absolute atomic E-state index is 13.8. The zero-order chi connectivity index (χ0) is 22.2. The number of H-pyrrole nitrogens is 1. The van der Waals surface area contributed by atoms with Crippen LogP contribution in [-0.4, -0.2) is 45.0 Å². The van der Waals surface area contributed by atoms with Gasteiger partial charge < -0.3 is 20.0 Å². The molecular formula is C21H22F3N4O2P. The predicted octanol–water partition coefficient (Wildman–Crippen LogP) is 4.22. The summed E-state index contributed by atoms with van der Waals surface area (Å²) >= 11 is 0. The van der Waals surface area contributed by atoms with Gasteiger partial charge in [0, 0.05) is 34.7 Å². The number of anilines is 1. The average Bonchev–Trinajstić information content (AvgIpc) is 3.29. The molecule has 2 heterocycles. The number of para-hydroxylation sites is 1. The van der Waals surface area contributed by atoms with Crippen molar-refractivity contribution in [3.8, 4) is 11.3 Å². The standard InChI is InChI=1S/C21H22F3N4O2P/c1-31(2,30)16-5-3-4-12-13(9-25-18(12)16)17-14(21(22,23)24)10-26-19(28-17)27-15-8-20(29)6-11(15)7-20/h3-5,9-11,15,25,29H,6-8H2,1-2H3,(H,26,27,28)/t11?,15-,20?/m1/s1. The first kappa shape index (κ1) is 20.5. The van der Waals surface area contributed by atoms with Crippen molar-refractivity contribution in [2.45, 2.75) is 37.1 Å². The predicted molar refractivity (Wildman–Crippen MR) is 113 cm³/mol. The van der Waals surface area contributed by atoms with Crippen LogP contribution in [0, 0.1) is 5.92 Å². The Bertz CT molecular complexity index is 1230. The van der Waals surface area contributed by atoms with Crippen molar-refractivity contribution >= 4 is 29.3 Å². The van der Waals surface area contributed by atoms with Crippen LogP contribution in [0.1, 0.15) is 24.8 Å². The van der Waals surface area contributed by atoms with E-state index in [9.17, 15) is 22.8 Å². The van der Waals surface area contributed by atoms with Crippen LogP contribution in [0.2, 0.25) is 0 Å². The molecule has 0 amide bonds. The summed E-state index contributed by atoms with van der Waals surface area (Å²) in [4.78, 5) is 11.2. The molecule has 3 saturated carbocycles. The topological polar surface area (TPSA) is 90.9 Å². The Kier molecular flexibility index (Phi) is 4.34. The third-order valence-electron chi connectivity index (χ3n) is 6.39. The maximum atomic E-state index is 13.8. The smallest absolute Gasteiger partial charge is 0.390 e. The quantitative estimate of drug-likeness (QED) is 0.518. The summed E-state index contributed by atoms with van der Waals surface area (Å²) in [7, 11) is -2.65. The molecule has 0 unspecified atom stereocenters. The van der Waals surface area contributed by atoms with Crippen LogP contribution in [0.15, 0.2) is 30.6 Å². The third kappa shape index (κ3) is 3.44. The van der Waals surface area contributed by atoms with Gasteiger partial charge in [-0.1, -0.05) is 12.1 Å². The molecule has 2 bridgehead atoms. The molecule has 1 atom stereocenters. The van der Waals surface area contributed by atoms with E-state index in [1.165, 1.54) is 6.20 Å². The van der Waals surface area contributed by atoms with Gasteiger partial charge in [0.25, 0.3) is 0 Å². The fourth-order valence-corrected chi connectivity index (χ4v) is 6.09. The Balaban J connectivity index is 1.61. The number of alkyl halides is 3. The Hall–Kier alpha value is -2.38. The van der Waals surface area contributed by atoms with E-state index in [2.05, 4.69) is 20.3 Å². The van der Waals surface area contributed by atoms with E-state index in [1.54, 1.807) is 31.5 Å². The monoisotopic (exact) mass is 450 g/mol. The summed E-state index contributed by atoms with van der Waals surface area (Å²) in [6.45, 7) is 3.24. The van der Waals surface area contributed by atoms with Gasteiger partial charge in [-0.15, -0.1) is 0 Å². The van der Waals surface area contributed by atoms with Crippen LogP contribution in [0.5, 0.6) is 0 Å². The van der Waals surface area contributed by atoms with Gasteiger partial charge in [-0.3, -0.25) is 0 Å². The van der Waals surface area contributed by atoms with E-state index in [4.69, 9.17) is 0 Å². The zero-order valence-electron chi connectivity index (χ0n) is 17.0. The molecule has 3 aromatic rings. The van der Waals surface area contributed by atoms with Crippen LogP contribution in [0.25, 0.3) is 22.2 Å². The van der Waals surface area contributed by atoms with Crippen LogP contribution < -0.4 is 10.6 Å². The fraction of sp³-hybridized carbons (Fsp3) is 0.429. The number of aliphatic hydroxyl groups is 1. The van der Waals surface area contributed by atoms with Gasteiger partial charge in [0.15, 0.2) is 0 Å². The second-order valence-corrected chi connectivity index (χ2v) is 12.2. The number of nitrogens with zero attached hydrogens (tertiary/aromatic N) is 2. The molecule has 6 rings (SSSR count). The van der Waals surface area contributed by atoms with Crippen molar-refractivity contribution in [2.75, 3.05) is 18.6 Å². The number of hydrogen-bond donors (Lipinski definition) is 3. The van der Waals surface area contributed by atoms with Gasteiger partial charge in [-0.2, -0.15) is 13.2 Å². The highest BCUT2D eigenvalue weighted by atomic mass is 31.2. The molecule has 10 heteroatoms. The van der Waals surface area contributed by atoms with Gasteiger partial charge in [0.2, 0.25) is 5.95 Å². The van der Waals surface area contributed by atoms with E-state index in [0.717, 1.165) is 6.20 Å². The lowest BCUT2D eigenvalue weighted by Crippen LogP contribution is -2.35. The summed E-state index contributed by atoms with van der Waals surface area (Å²) < 4.78 is 54.0. The molecule has 0 radical (unpaired) electrons. The molecule has 0 saturated heterocycles. The molecule has 2 aromatic heterocycles. The number of benzene rings is 1. The molecule has 3 aliphatic carbocycles. The summed E-state index contributed by atoms with van der Waals surface area (Å²) in [5, 5.41) is 14.4. The summed E-state index contributed by atoms with van der Waals surface area (Å²) in [5.74, 6) is 0.379. The van der Waals surface area contributed by atoms with Gasteiger partial charge >= 0.3 is 6.18 Å². The Morgan fingerprint density at radius 2 is 2.00 bits per heavy atom. The minimum atomic E-state index is -4.63. The number of hydrogen-bond acceptors (Lipinski definition) is 5. The van der Waals surface area contributed by atoms with Crippen LogP contribution in [0.3, 0.4) is 0 Å². The molecule has 1 aromatic carbocycles. The lowest BCUT2D eigenvalue weighted by Gasteiger charge is -2.32. The van der Waals surface area contributed by atoms with Crippen LogP contribution in [-0.2, 0) is 10.7 Å². The van der Waals surface area contributed by atoms with Crippen molar-refractivity contribution in [1.29, 1.82) is 0 Å². The molecular weight excluding hydrogens is 428 g/mol. The van der Waals surface area contributed by atoms with Gasteiger partial charge in [-0.25, -0.2) is 9.97 Å². The Morgan fingerprint density at radius 3 is 2.61 bits per heavy atom. The van der Waals surface area contributed by atoms with E-state index in [-0.39, 0.29) is 29.2 Å². The van der Waals surface area contributed by atoms with Crippen molar-refractivity contribution in [2.24, 2.45) is 5.92 Å². The molecule has 3 fully saturated rings. The van der Waals surface area contributed by atoms with Gasteiger partial charge in [0.05, 0.1) is 16.8 Å². The van der Waals surface area contributed by atoms with E-state index >= 15 is 0 Å². The first-order valence-corrected chi connectivity index (χ1v) is 12.6. The second kappa shape index (κ2) is 6.56. The number of halogens is 3. The van der Waals surface area contributed by atoms with E-state index < -0.39 is 24.5 Å². The van der Waals surface area contributed by atoms with Crippen molar-refractivity contribution in [1.82, 2.24) is 15.0 Å². The number of rotatable bonds is 4. The molecule has 0 aliphatic heterocycles. The van der Waals surface area contributed by atoms with E-state index in [0.29, 0.717) is 35.5 Å². The highest BCUT2D eigenvalue weighted by molar-refractivity contribution is 7.70.